The van der Waals surface area contributed by atoms with Gasteiger partial charge in [0.15, 0.2) is 9.84 Å². The number of nitrogens with one attached hydrogen (secondary N) is 2. The Balaban J connectivity index is 1.45. The van der Waals surface area contributed by atoms with Crippen molar-refractivity contribution in [1.82, 2.24) is 15.5 Å². The number of carbonyl (C=O) groups excluding carboxylic acids is 1. The predicted octanol–water partition coefficient (Wildman–Crippen LogP) is 2.23. The Kier molecular flexibility index (Phi) is 8.49. The summed E-state index contributed by atoms with van der Waals surface area (Å²) in [6.07, 6.45) is 3.02. The van der Waals surface area contributed by atoms with Crippen LogP contribution in [0, 0.1) is 0 Å². The Labute approximate surface area is 199 Å². The zero-order valence-corrected chi connectivity index (χ0v) is 20.1. The van der Waals surface area contributed by atoms with Crippen molar-refractivity contribution in [2.24, 2.45) is 4.99 Å². The minimum Gasteiger partial charge on any atom is -0.497 e. The number of amides is 1. The molecular formula is C23H27ClN4O4S. The molecule has 0 bridgehead atoms. The van der Waals surface area contributed by atoms with Crippen LogP contribution in [0.25, 0.3) is 0 Å². The van der Waals surface area contributed by atoms with Gasteiger partial charge in [-0.15, -0.1) is 0 Å². The topological polar surface area (TPSA) is 100 Å². The Morgan fingerprint density at radius 2 is 2.03 bits per heavy atom. The molecule has 0 fully saturated rings. The lowest BCUT2D eigenvalue weighted by molar-refractivity contribution is -0.125. The second-order valence-corrected chi connectivity index (χ2v) is 9.83. The molecule has 0 saturated heterocycles. The number of methoxy groups -OCH3 is 1. The van der Waals surface area contributed by atoms with Crippen molar-refractivity contribution in [3.63, 3.8) is 0 Å². The van der Waals surface area contributed by atoms with Crippen LogP contribution < -0.4 is 15.4 Å². The largest absolute Gasteiger partial charge is 0.497 e. The van der Waals surface area contributed by atoms with Crippen LogP contribution >= 0.6 is 11.6 Å². The van der Waals surface area contributed by atoms with Crippen LogP contribution in [0.1, 0.15) is 11.1 Å². The van der Waals surface area contributed by atoms with Gasteiger partial charge in [-0.3, -0.25) is 15.1 Å². The minimum atomic E-state index is -3.62. The van der Waals surface area contributed by atoms with E-state index in [1.165, 1.54) is 25.3 Å². The first-order valence-corrected chi connectivity index (χ1v) is 12.4. The van der Waals surface area contributed by atoms with Crippen LogP contribution in [0.2, 0.25) is 5.02 Å². The van der Waals surface area contributed by atoms with E-state index in [9.17, 15) is 13.2 Å². The van der Waals surface area contributed by atoms with Gasteiger partial charge < -0.3 is 15.0 Å². The van der Waals surface area contributed by atoms with E-state index in [0.29, 0.717) is 12.3 Å². The van der Waals surface area contributed by atoms with E-state index in [1.807, 2.05) is 24.3 Å². The highest BCUT2D eigenvalue weighted by atomic mass is 35.5. The van der Waals surface area contributed by atoms with Gasteiger partial charge in [-0.1, -0.05) is 41.9 Å². The van der Waals surface area contributed by atoms with E-state index < -0.39 is 9.84 Å². The van der Waals surface area contributed by atoms with Crippen molar-refractivity contribution in [2.75, 3.05) is 39.7 Å². The first kappa shape index (κ1) is 24.8. The number of nitrogens with zero attached hydrogens (tertiary/aromatic N) is 2. The van der Waals surface area contributed by atoms with Gasteiger partial charge in [-0.2, -0.15) is 0 Å². The number of aliphatic imine (C=N–C) groups is 1. The highest BCUT2D eigenvalue weighted by Gasteiger charge is 2.18. The van der Waals surface area contributed by atoms with Crippen LogP contribution in [0.15, 0.2) is 64.5 Å². The van der Waals surface area contributed by atoms with E-state index in [4.69, 9.17) is 16.3 Å². The van der Waals surface area contributed by atoms with Gasteiger partial charge in [0.2, 0.25) is 5.91 Å². The molecule has 0 spiro atoms. The molecule has 0 radical (unpaired) electrons. The number of hydrogen-bond acceptors (Lipinski definition) is 7. The number of halogens is 1. The standard InChI is InChI=1S/C23H27ClN4O4S/c1-28(15-17-5-7-18(8-6-17)23-26-12-13-27-23)22(29)4-3-11-25-16-33(30,31)21-10-9-19(32-2)14-20(21)24/h3-10,14,25H,11-13,15-16H2,1-2H3,(H,26,27)/b4-3+. The maximum Gasteiger partial charge on any atom is 0.246 e. The molecule has 0 saturated carbocycles. The predicted molar refractivity (Wildman–Crippen MR) is 130 cm³/mol. The first-order chi connectivity index (χ1) is 15.8. The van der Waals surface area contributed by atoms with Crippen molar-refractivity contribution in [2.45, 2.75) is 11.4 Å². The molecule has 8 nitrogen and oxygen atoms in total. The third-order valence-electron chi connectivity index (χ3n) is 4.99. The van der Waals surface area contributed by atoms with Gasteiger partial charge in [0.25, 0.3) is 0 Å². The molecule has 1 heterocycles. The lowest BCUT2D eigenvalue weighted by Gasteiger charge is -2.15. The van der Waals surface area contributed by atoms with Gasteiger partial charge in [0, 0.05) is 44.4 Å². The molecule has 176 valence electrons. The molecule has 0 aliphatic carbocycles. The molecule has 2 N–H and O–H groups in total. The third-order valence-corrected chi connectivity index (χ3v) is 7.02. The average molecular weight is 491 g/mol. The zero-order chi connectivity index (χ0) is 23.8. The van der Waals surface area contributed by atoms with Crippen molar-refractivity contribution in [3.05, 3.63) is 70.8 Å². The van der Waals surface area contributed by atoms with E-state index in [1.54, 1.807) is 24.1 Å². The van der Waals surface area contributed by atoms with E-state index in [-0.39, 0.29) is 28.2 Å². The molecule has 1 aliphatic heterocycles. The summed E-state index contributed by atoms with van der Waals surface area (Å²) in [6, 6.07) is 12.3. The van der Waals surface area contributed by atoms with Crippen LogP contribution in [0.4, 0.5) is 0 Å². The normalized spacial score (nSPS) is 13.6. The van der Waals surface area contributed by atoms with Crippen LogP contribution in [0.5, 0.6) is 5.75 Å². The molecule has 0 aromatic heterocycles. The molecule has 3 rings (SSSR count). The number of amidine groups is 1. The summed E-state index contributed by atoms with van der Waals surface area (Å²) in [4.78, 5) is 18.4. The third kappa shape index (κ3) is 6.80. The minimum absolute atomic E-state index is 0.0269. The fraction of sp³-hybridized carbons (Fsp3) is 0.304. The van der Waals surface area contributed by atoms with Crippen molar-refractivity contribution in [1.29, 1.82) is 0 Å². The molecule has 1 aliphatic rings. The summed E-state index contributed by atoms with van der Waals surface area (Å²) in [6.45, 7) is 2.32. The maximum atomic E-state index is 12.5. The molecule has 33 heavy (non-hydrogen) atoms. The van der Waals surface area contributed by atoms with Crippen LogP contribution in [-0.2, 0) is 21.2 Å². The number of ether oxygens (including phenoxy) is 1. The Morgan fingerprint density at radius 1 is 1.27 bits per heavy atom. The van der Waals surface area contributed by atoms with Crippen molar-refractivity contribution < 1.29 is 17.9 Å². The zero-order valence-electron chi connectivity index (χ0n) is 18.5. The molecule has 0 atom stereocenters. The summed E-state index contributed by atoms with van der Waals surface area (Å²) < 4.78 is 30.0. The fourth-order valence-corrected chi connectivity index (χ4v) is 4.91. The summed E-state index contributed by atoms with van der Waals surface area (Å²) in [5.41, 5.74) is 2.03. The highest BCUT2D eigenvalue weighted by molar-refractivity contribution is 7.91. The number of rotatable bonds is 10. The summed E-state index contributed by atoms with van der Waals surface area (Å²) in [5, 5.41) is 6.14. The summed E-state index contributed by atoms with van der Waals surface area (Å²) in [5.74, 6) is 0.898. The quantitative estimate of drug-likeness (QED) is 0.391. The molecule has 0 unspecified atom stereocenters. The second-order valence-electron chi connectivity index (χ2n) is 7.46. The van der Waals surface area contributed by atoms with Gasteiger partial charge in [-0.05, 0) is 17.7 Å². The number of benzene rings is 2. The molecule has 10 heteroatoms. The Hall–Kier alpha value is -2.88. The Morgan fingerprint density at radius 3 is 2.67 bits per heavy atom. The van der Waals surface area contributed by atoms with E-state index in [0.717, 1.165) is 30.1 Å². The molecule has 2 aromatic carbocycles. The van der Waals surface area contributed by atoms with Crippen molar-refractivity contribution in [3.8, 4) is 5.75 Å². The van der Waals surface area contributed by atoms with Crippen LogP contribution in [0.3, 0.4) is 0 Å². The van der Waals surface area contributed by atoms with Gasteiger partial charge in [-0.25, -0.2) is 8.42 Å². The van der Waals surface area contributed by atoms with Crippen molar-refractivity contribution >= 4 is 33.2 Å². The Bertz CT molecular complexity index is 1150. The lowest BCUT2D eigenvalue weighted by Crippen LogP contribution is -2.26. The molecule has 1 amide bonds. The summed E-state index contributed by atoms with van der Waals surface area (Å²) in [7, 11) is -0.430. The average Bonchev–Trinajstić information content (AvgIpc) is 3.33. The van der Waals surface area contributed by atoms with E-state index >= 15 is 0 Å². The van der Waals surface area contributed by atoms with Crippen LogP contribution in [-0.4, -0.2) is 64.7 Å². The van der Waals surface area contributed by atoms with Gasteiger partial charge >= 0.3 is 0 Å². The second kappa shape index (κ2) is 11.3. The first-order valence-electron chi connectivity index (χ1n) is 10.4. The van der Waals surface area contributed by atoms with Gasteiger partial charge in [0.05, 0.1) is 23.6 Å². The SMILES string of the molecule is COc1ccc(S(=O)(=O)CNC/C=C/C(=O)N(C)Cc2ccc(C3=NCCN3)cc2)c(Cl)c1. The fourth-order valence-electron chi connectivity index (χ4n) is 3.21. The number of carbonyl (C=O) groups is 1. The van der Waals surface area contributed by atoms with E-state index in [2.05, 4.69) is 15.6 Å². The van der Waals surface area contributed by atoms with Gasteiger partial charge in [0.1, 0.15) is 17.5 Å². The lowest BCUT2D eigenvalue weighted by atomic mass is 10.1. The number of hydrogen-bond donors (Lipinski definition) is 2. The number of likely N-dealkylation sites (N-methyl/N-ethyl adjacent to an activating group) is 1. The smallest absolute Gasteiger partial charge is 0.246 e. The molecular weight excluding hydrogens is 464 g/mol. The highest BCUT2D eigenvalue weighted by Crippen LogP contribution is 2.26. The molecule has 2 aromatic rings. The number of sulfone groups is 1. The monoisotopic (exact) mass is 490 g/mol. The maximum absolute atomic E-state index is 12.5. The summed E-state index contributed by atoms with van der Waals surface area (Å²) >= 11 is 6.06.